The number of nitriles is 1. The van der Waals surface area contributed by atoms with Crippen LogP contribution in [0.4, 0.5) is 0 Å². The van der Waals surface area contributed by atoms with Gasteiger partial charge in [0.05, 0.1) is 19.6 Å². The van der Waals surface area contributed by atoms with Gasteiger partial charge in [0.2, 0.25) is 0 Å². The van der Waals surface area contributed by atoms with Crippen LogP contribution in [-0.4, -0.2) is 7.11 Å². The van der Waals surface area contributed by atoms with Crippen LogP contribution in [0.2, 0.25) is 0 Å². The Morgan fingerprint density at radius 3 is 2.62 bits per heavy atom. The van der Waals surface area contributed by atoms with E-state index in [4.69, 9.17) is 10.00 Å². The summed E-state index contributed by atoms with van der Waals surface area (Å²) in [6, 6.07) is 9.74. The van der Waals surface area contributed by atoms with E-state index in [0.29, 0.717) is 6.42 Å². The Morgan fingerprint density at radius 2 is 2.08 bits per heavy atom. The van der Waals surface area contributed by atoms with Crippen LogP contribution in [0.5, 0.6) is 5.75 Å². The van der Waals surface area contributed by atoms with E-state index in [2.05, 4.69) is 0 Å². The van der Waals surface area contributed by atoms with Crippen molar-refractivity contribution >= 4 is 6.08 Å². The lowest BCUT2D eigenvalue weighted by Gasteiger charge is -1.98. The summed E-state index contributed by atoms with van der Waals surface area (Å²) in [7, 11) is 1.64. The number of allylic oxidation sites excluding steroid dienone is 1. The maximum atomic E-state index is 8.31. The van der Waals surface area contributed by atoms with Gasteiger partial charge in [0.25, 0.3) is 0 Å². The number of hydrogen-bond donors (Lipinski definition) is 0. The summed E-state index contributed by atoms with van der Waals surface area (Å²) in [5.74, 6) is 0.845. The monoisotopic (exact) mass is 173 g/mol. The van der Waals surface area contributed by atoms with E-state index in [0.717, 1.165) is 11.3 Å². The Labute approximate surface area is 78.1 Å². The van der Waals surface area contributed by atoms with E-state index < -0.39 is 0 Å². The van der Waals surface area contributed by atoms with Gasteiger partial charge in [-0.3, -0.25) is 0 Å². The minimum atomic E-state index is 0.450. The molecule has 0 fully saturated rings. The topological polar surface area (TPSA) is 33.0 Å². The largest absolute Gasteiger partial charge is 0.497 e. The first-order valence-corrected chi connectivity index (χ1v) is 4.04. The van der Waals surface area contributed by atoms with Gasteiger partial charge in [-0.1, -0.05) is 24.3 Å². The first kappa shape index (κ1) is 9.34. The summed E-state index contributed by atoms with van der Waals surface area (Å²) in [5.41, 5.74) is 1.08. The molecule has 0 heterocycles. The molecule has 0 unspecified atom stereocenters. The molecule has 0 aromatic heterocycles. The molecule has 2 nitrogen and oxygen atoms in total. The third-order valence-electron chi connectivity index (χ3n) is 1.64. The van der Waals surface area contributed by atoms with E-state index >= 15 is 0 Å². The van der Waals surface area contributed by atoms with E-state index in [-0.39, 0.29) is 0 Å². The van der Waals surface area contributed by atoms with Crippen molar-refractivity contribution in [1.29, 1.82) is 5.26 Å². The second-order valence-corrected chi connectivity index (χ2v) is 2.54. The highest BCUT2D eigenvalue weighted by Crippen LogP contribution is 2.12. The quantitative estimate of drug-likeness (QED) is 0.703. The van der Waals surface area contributed by atoms with Gasteiger partial charge in [-0.25, -0.2) is 0 Å². The summed E-state index contributed by atoms with van der Waals surface area (Å²) in [4.78, 5) is 0. The molecule has 1 rings (SSSR count). The molecule has 0 aliphatic carbocycles. The fraction of sp³-hybridized carbons (Fsp3) is 0.182. The SMILES string of the molecule is COc1ccc(/C=C/CC#N)cc1. The van der Waals surface area contributed by atoms with Gasteiger partial charge in [0.15, 0.2) is 0 Å². The first-order valence-electron chi connectivity index (χ1n) is 4.04. The Morgan fingerprint density at radius 1 is 1.38 bits per heavy atom. The van der Waals surface area contributed by atoms with Crippen molar-refractivity contribution in [3.8, 4) is 11.8 Å². The molecule has 2 heteroatoms. The van der Waals surface area contributed by atoms with E-state index in [1.54, 1.807) is 7.11 Å². The van der Waals surface area contributed by atoms with Crippen molar-refractivity contribution < 1.29 is 4.74 Å². The standard InChI is InChI=1S/C11H11NO/c1-13-11-7-5-10(6-8-11)4-2-3-9-12/h2,4-8H,3H2,1H3/b4-2+. The lowest BCUT2D eigenvalue weighted by Crippen LogP contribution is -1.81. The second kappa shape index (κ2) is 5.00. The molecule has 0 saturated heterocycles. The molecule has 66 valence electrons. The maximum absolute atomic E-state index is 8.31. The summed E-state index contributed by atoms with van der Waals surface area (Å²) >= 11 is 0. The Bertz CT molecular complexity index is 319. The predicted molar refractivity (Wildman–Crippen MR) is 52.3 cm³/mol. The molecule has 0 radical (unpaired) electrons. The van der Waals surface area contributed by atoms with Crippen molar-refractivity contribution in [2.75, 3.05) is 7.11 Å². The summed E-state index contributed by atoms with van der Waals surface area (Å²) in [6.07, 6.45) is 4.20. The second-order valence-electron chi connectivity index (χ2n) is 2.54. The van der Waals surface area contributed by atoms with Crippen LogP contribution in [0.25, 0.3) is 6.08 Å². The van der Waals surface area contributed by atoms with Crippen LogP contribution >= 0.6 is 0 Å². The van der Waals surface area contributed by atoms with Crippen molar-refractivity contribution in [3.63, 3.8) is 0 Å². The zero-order valence-electron chi connectivity index (χ0n) is 7.53. The minimum absolute atomic E-state index is 0.450. The van der Waals surface area contributed by atoms with Gasteiger partial charge in [-0.2, -0.15) is 5.26 Å². The van der Waals surface area contributed by atoms with Crippen molar-refractivity contribution in [2.24, 2.45) is 0 Å². The van der Waals surface area contributed by atoms with Crippen LogP contribution in [0.15, 0.2) is 30.3 Å². The van der Waals surface area contributed by atoms with Crippen LogP contribution < -0.4 is 4.74 Å². The van der Waals surface area contributed by atoms with Gasteiger partial charge >= 0.3 is 0 Å². The van der Waals surface area contributed by atoms with Crippen molar-refractivity contribution in [2.45, 2.75) is 6.42 Å². The molecule has 0 bridgehead atoms. The number of ether oxygens (including phenoxy) is 1. The predicted octanol–water partition coefficient (Wildman–Crippen LogP) is 2.62. The molecular formula is C11H11NO. The number of methoxy groups -OCH3 is 1. The molecule has 1 aromatic carbocycles. The zero-order valence-corrected chi connectivity index (χ0v) is 7.53. The number of rotatable bonds is 3. The normalized spacial score (nSPS) is 9.85. The minimum Gasteiger partial charge on any atom is -0.497 e. The van der Waals surface area contributed by atoms with Gasteiger partial charge in [0, 0.05) is 0 Å². The zero-order chi connectivity index (χ0) is 9.52. The molecule has 0 aliphatic heterocycles. The summed E-state index contributed by atoms with van der Waals surface area (Å²) in [5, 5.41) is 8.31. The summed E-state index contributed by atoms with van der Waals surface area (Å²) < 4.78 is 5.02. The van der Waals surface area contributed by atoms with Crippen LogP contribution in [0, 0.1) is 11.3 Å². The van der Waals surface area contributed by atoms with Crippen LogP contribution in [0.3, 0.4) is 0 Å². The average Bonchev–Trinajstić information content (AvgIpc) is 2.19. The highest BCUT2D eigenvalue weighted by atomic mass is 16.5. The van der Waals surface area contributed by atoms with Crippen LogP contribution in [0.1, 0.15) is 12.0 Å². The first-order chi connectivity index (χ1) is 6.36. The molecule has 0 amide bonds. The highest BCUT2D eigenvalue weighted by Gasteiger charge is 1.88. The summed E-state index contributed by atoms with van der Waals surface area (Å²) in [6.45, 7) is 0. The molecular weight excluding hydrogens is 162 g/mol. The Hall–Kier alpha value is -1.75. The van der Waals surface area contributed by atoms with E-state index in [9.17, 15) is 0 Å². The third-order valence-corrected chi connectivity index (χ3v) is 1.64. The maximum Gasteiger partial charge on any atom is 0.118 e. The third kappa shape index (κ3) is 3.00. The smallest absolute Gasteiger partial charge is 0.118 e. The fourth-order valence-corrected chi connectivity index (χ4v) is 0.963. The van der Waals surface area contributed by atoms with Gasteiger partial charge in [-0.15, -0.1) is 0 Å². The van der Waals surface area contributed by atoms with Gasteiger partial charge in [0.1, 0.15) is 5.75 Å². The number of benzene rings is 1. The molecule has 0 spiro atoms. The van der Waals surface area contributed by atoms with Crippen molar-refractivity contribution in [1.82, 2.24) is 0 Å². The highest BCUT2D eigenvalue weighted by molar-refractivity contribution is 5.50. The van der Waals surface area contributed by atoms with Crippen LogP contribution in [-0.2, 0) is 0 Å². The molecule has 0 N–H and O–H groups in total. The number of nitrogens with zero attached hydrogens (tertiary/aromatic N) is 1. The lowest BCUT2D eigenvalue weighted by molar-refractivity contribution is 0.415. The van der Waals surface area contributed by atoms with E-state index in [1.807, 2.05) is 42.5 Å². The van der Waals surface area contributed by atoms with E-state index in [1.165, 1.54) is 0 Å². The fourth-order valence-electron chi connectivity index (χ4n) is 0.963. The van der Waals surface area contributed by atoms with Crippen molar-refractivity contribution in [3.05, 3.63) is 35.9 Å². The van der Waals surface area contributed by atoms with Gasteiger partial charge < -0.3 is 4.74 Å². The molecule has 0 aliphatic rings. The Kier molecular flexibility index (Phi) is 3.59. The molecule has 0 atom stereocenters. The molecule has 13 heavy (non-hydrogen) atoms. The lowest BCUT2D eigenvalue weighted by atomic mass is 10.2. The van der Waals surface area contributed by atoms with Gasteiger partial charge in [-0.05, 0) is 17.7 Å². The average molecular weight is 173 g/mol. The number of hydrogen-bond acceptors (Lipinski definition) is 2. The molecule has 0 saturated carbocycles. The molecule has 1 aromatic rings. The Balaban J connectivity index is 2.65.